The Kier molecular flexibility index (Phi) is 6.18. The normalized spacial score (nSPS) is 11.6. The first-order chi connectivity index (χ1) is 13.6. The summed E-state index contributed by atoms with van der Waals surface area (Å²) < 4.78 is 15.8. The van der Waals surface area contributed by atoms with E-state index < -0.39 is 6.10 Å². The van der Waals surface area contributed by atoms with Gasteiger partial charge < -0.3 is 24.6 Å². The van der Waals surface area contributed by atoms with Gasteiger partial charge in [-0.25, -0.2) is 0 Å². The molecule has 1 unspecified atom stereocenters. The quantitative estimate of drug-likeness (QED) is 0.625. The molecule has 2 N–H and O–H groups in total. The van der Waals surface area contributed by atoms with Crippen LogP contribution >= 0.6 is 11.3 Å². The maximum absolute atomic E-state index is 12.6. The lowest BCUT2D eigenvalue weighted by Gasteiger charge is -2.14. The number of carbonyl (C=O) groups excluding carboxylic acids is 1. The SMILES string of the molecule is COc1cc(C(=O)Nc2ccc(C(O)c3cccs3)cc2)cc(OC)c1OC. The molecule has 0 aliphatic carbocycles. The summed E-state index contributed by atoms with van der Waals surface area (Å²) in [6.45, 7) is 0. The van der Waals surface area contributed by atoms with Gasteiger partial charge in [0, 0.05) is 16.1 Å². The molecule has 2 aromatic carbocycles. The van der Waals surface area contributed by atoms with Crippen molar-refractivity contribution in [2.45, 2.75) is 6.10 Å². The zero-order chi connectivity index (χ0) is 20.1. The van der Waals surface area contributed by atoms with Gasteiger partial charge in [0.1, 0.15) is 6.10 Å². The molecule has 6 nitrogen and oxygen atoms in total. The van der Waals surface area contributed by atoms with Crippen LogP contribution in [-0.2, 0) is 0 Å². The number of amides is 1. The van der Waals surface area contributed by atoms with Crippen LogP contribution in [-0.4, -0.2) is 32.3 Å². The van der Waals surface area contributed by atoms with Crippen LogP contribution in [0.3, 0.4) is 0 Å². The second kappa shape index (κ2) is 8.77. The Morgan fingerprint density at radius 3 is 2.14 bits per heavy atom. The summed E-state index contributed by atoms with van der Waals surface area (Å²) in [7, 11) is 4.50. The molecular formula is C21H21NO5S. The topological polar surface area (TPSA) is 77.0 Å². The van der Waals surface area contributed by atoms with E-state index in [2.05, 4.69) is 5.32 Å². The number of carbonyl (C=O) groups is 1. The van der Waals surface area contributed by atoms with E-state index in [1.807, 2.05) is 17.5 Å². The van der Waals surface area contributed by atoms with Crippen LogP contribution in [0.2, 0.25) is 0 Å². The van der Waals surface area contributed by atoms with Gasteiger partial charge in [-0.05, 0) is 41.3 Å². The number of anilines is 1. The predicted octanol–water partition coefficient (Wildman–Crippen LogP) is 4.11. The van der Waals surface area contributed by atoms with E-state index in [4.69, 9.17) is 14.2 Å². The van der Waals surface area contributed by atoms with E-state index in [1.54, 1.807) is 36.4 Å². The van der Waals surface area contributed by atoms with E-state index >= 15 is 0 Å². The van der Waals surface area contributed by atoms with Crippen molar-refractivity contribution in [2.75, 3.05) is 26.6 Å². The lowest BCUT2D eigenvalue weighted by molar-refractivity contribution is 0.102. The molecule has 7 heteroatoms. The van der Waals surface area contributed by atoms with Gasteiger partial charge in [0.05, 0.1) is 21.3 Å². The van der Waals surface area contributed by atoms with Crippen molar-refractivity contribution < 1.29 is 24.1 Å². The Hall–Kier alpha value is -3.03. The van der Waals surface area contributed by atoms with Crippen LogP contribution in [0.15, 0.2) is 53.9 Å². The van der Waals surface area contributed by atoms with Gasteiger partial charge in [-0.3, -0.25) is 4.79 Å². The summed E-state index contributed by atoms with van der Waals surface area (Å²) in [5.74, 6) is 0.919. The van der Waals surface area contributed by atoms with Gasteiger partial charge >= 0.3 is 0 Å². The Balaban J connectivity index is 1.78. The van der Waals surface area contributed by atoms with E-state index in [1.165, 1.54) is 32.7 Å². The highest BCUT2D eigenvalue weighted by Gasteiger charge is 2.17. The number of methoxy groups -OCH3 is 3. The third kappa shape index (κ3) is 4.11. The lowest BCUT2D eigenvalue weighted by Crippen LogP contribution is -2.12. The average Bonchev–Trinajstić information content (AvgIpc) is 3.27. The number of rotatable bonds is 7. The summed E-state index contributed by atoms with van der Waals surface area (Å²) >= 11 is 1.49. The van der Waals surface area contributed by atoms with Crippen molar-refractivity contribution >= 4 is 22.9 Å². The van der Waals surface area contributed by atoms with E-state index in [0.29, 0.717) is 28.5 Å². The smallest absolute Gasteiger partial charge is 0.255 e. The molecule has 1 atom stereocenters. The fourth-order valence-electron chi connectivity index (χ4n) is 2.78. The number of hydrogen-bond donors (Lipinski definition) is 2. The summed E-state index contributed by atoms with van der Waals surface area (Å²) in [6.07, 6.45) is -0.681. The summed E-state index contributed by atoms with van der Waals surface area (Å²) in [4.78, 5) is 13.5. The minimum atomic E-state index is -0.681. The highest BCUT2D eigenvalue weighted by Crippen LogP contribution is 2.38. The van der Waals surface area contributed by atoms with Gasteiger partial charge in [0.2, 0.25) is 5.75 Å². The Morgan fingerprint density at radius 1 is 1.00 bits per heavy atom. The summed E-state index contributed by atoms with van der Waals surface area (Å²) in [5, 5.41) is 15.1. The molecule has 3 aromatic rings. The highest BCUT2D eigenvalue weighted by atomic mass is 32.1. The number of nitrogens with one attached hydrogen (secondary N) is 1. The molecule has 0 saturated heterocycles. The zero-order valence-electron chi connectivity index (χ0n) is 15.8. The maximum atomic E-state index is 12.6. The van der Waals surface area contributed by atoms with E-state index in [-0.39, 0.29) is 5.91 Å². The molecule has 1 aromatic heterocycles. The van der Waals surface area contributed by atoms with Gasteiger partial charge in [-0.15, -0.1) is 11.3 Å². The molecule has 0 fully saturated rings. The Morgan fingerprint density at radius 2 is 1.64 bits per heavy atom. The van der Waals surface area contributed by atoms with Crippen LogP contribution in [0.4, 0.5) is 5.69 Å². The van der Waals surface area contributed by atoms with Gasteiger partial charge in [-0.2, -0.15) is 0 Å². The molecule has 0 bridgehead atoms. The largest absolute Gasteiger partial charge is 0.493 e. The first-order valence-electron chi connectivity index (χ1n) is 8.50. The van der Waals surface area contributed by atoms with Crippen molar-refractivity contribution in [3.8, 4) is 17.2 Å². The molecule has 1 amide bonds. The number of hydrogen-bond acceptors (Lipinski definition) is 6. The number of aliphatic hydroxyl groups excluding tert-OH is 1. The third-order valence-corrected chi connectivity index (χ3v) is 5.15. The molecular weight excluding hydrogens is 378 g/mol. The molecule has 1 heterocycles. The molecule has 0 spiro atoms. The van der Waals surface area contributed by atoms with Crippen molar-refractivity contribution in [3.63, 3.8) is 0 Å². The number of thiophene rings is 1. The minimum absolute atomic E-state index is 0.314. The number of aliphatic hydroxyl groups is 1. The molecule has 146 valence electrons. The molecule has 0 radical (unpaired) electrons. The summed E-state index contributed by atoms with van der Waals surface area (Å²) in [6, 6.07) is 14.0. The lowest BCUT2D eigenvalue weighted by atomic mass is 10.1. The predicted molar refractivity (Wildman–Crippen MR) is 109 cm³/mol. The number of benzene rings is 2. The van der Waals surface area contributed by atoms with Gasteiger partial charge in [0.25, 0.3) is 5.91 Å². The van der Waals surface area contributed by atoms with Crippen LogP contribution in [0.5, 0.6) is 17.2 Å². The Labute approximate surface area is 167 Å². The second-order valence-electron chi connectivity index (χ2n) is 5.91. The van der Waals surface area contributed by atoms with Crippen LogP contribution in [0.1, 0.15) is 26.9 Å². The molecule has 0 aliphatic rings. The van der Waals surface area contributed by atoms with Gasteiger partial charge in [0.15, 0.2) is 11.5 Å². The first-order valence-corrected chi connectivity index (χ1v) is 9.38. The molecule has 0 saturated carbocycles. The average molecular weight is 399 g/mol. The molecule has 0 aliphatic heterocycles. The standard InChI is InChI=1S/C21H21NO5S/c1-25-16-11-14(12-17(26-2)20(16)27-3)21(24)22-15-8-6-13(7-9-15)19(23)18-5-4-10-28-18/h4-12,19,23H,1-3H3,(H,22,24). The van der Waals surface area contributed by atoms with Crippen LogP contribution in [0.25, 0.3) is 0 Å². The van der Waals surface area contributed by atoms with Gasteiger partial charge in [-0.1, -0.05) is 18.2 Å². The van der Waals surface area contributed by atoms with Crippen molar-refractivity contribution in [1.82, 2.24) is 0 Å². The van der Waals surface area contributed by atoms with Crippen molar-refractivity contribution in [1.29, 1.82) is 0 Å². The molecule has 28 heavy (non-hydrogen) atoms. The minimum Gasteiger partial charge on any atom is -0.493 e. The first kappa shape index (κ1) is 19.7. The second-order valence-corrected chi connectivity index (χ2v) is 6.89. The van der Waals surface area contributed by atoms with E-state index in [9.17, 15) is 9.90 Å². The van der Waals surface area contributed by atoms with E-state index in [0.717, 1.165) is 10.4 Å². The molecule has 3 rings (SSSR count). The fourth-order valence-corrected chi connectivity index (χ4v) is 3.51. The maximum Gasteiger partial charge on any atom is 0.255 e. The number of ether oxygens (including phenoxy) is 3. The Bertz CT molecular complexity index is 913. The fraction of sp³-hybridized carbons (Fsp3) is 0.190. The third-order valence-electron chi connectivity index (χ3n) is 4.22. The van der Waals surface area contributed by atoms with Crippen LogP contribution in [0, 0.1) is 0 Å². The van der Waals surface area contributed by atoms with Crippen molar-refractivity contribution in [3.05, 3.63) is 69.9 Å². The van der Waals surface area contributed by atoms with Crippen molar-refractivity contribution in [2.24, 2.45) is 0 Å². The van der Waals surface area contributed by atoms with Crippen LogP contribution < -0.4 is 19.5 Å². The summed E-state index contributed by atoms with van der Waals surface area (Å²) in [5.41, 5.74) is 1.74. The monoisotopic (exact) mass is 399 g/mol. The highest BCUT2D eigenvalue weighted by molar-refractivity contribution is 7.10. The zero-order valence-corrected chi connectivity index (χ0v) is 16.6.